The highest BCUT2D eigenvalue weighted by molar-refractivity contribution is 6.04. The molecule has 4 aromatic carbocycles. The number of benzene rings is 4. The van der Waals surface area contributed by atoms with E-state index in [1.54, 1.807) is 24.3 Å². The highest BCUT2D eigenvalue weighted by atomic mass is 16.5. The standard InChI is InChI=1S/2C14H11NO4/c2*1-8(16)15-11-4-2-9(17)6-13(11)19-14-7-10(18)3-5-12(14)15/h2*2-7,17-18H,1H3. The minimum Gasteiger partial charge on any atom is -0.508 e. The van der Waals surface area contributed by atoms with Crippen molar-refractivity contribution < 1.29 is 39.5 Å². The second-order valence-electron chi connectivity index (χ2n) is 8.52. The molecule has 2 aliphatic heterocycles. The molecule has 0 bridgehead atoms. The van der Waals surface area contributed by atoms with E-state index >= 15 is 0 Å². The molecule has 0 saturated carbocycles. The van der Waals surface area contributed by atoms with Gasteiger partial charge in [-0.2, -0.15) is 0 Å². The first-order chi connectivity index (χ1) is 18.1. The molecule has 2 amide bonds. The van der Waals surface area contributed by atoms with Crippen LogP contribution in [0, 0.1) is 0 Å². The number of hydrogen-bond acceptors (Lipinski definition) is 8. The van der Waals surface area contributed by atoms with Crippen LogP contribution < -0.4 is 19.3 Å². The molecule has 0 radical (unpaired) electrons. The van der Waals surface area contributed by atoms with E-state index in [2.05, 4.69) is 0 Å². The van der Waals surface area contributed by atoms with Gasteiger partial charge in [0.05, 0.1) is 22.7 Å². The van der Waals surface area contributed by atoms with E-state index < -0.39 is 0 Å². The summed E-state index contributed by atoms with van der Waals surface area (Å²) in [5, 5.41) is 37.9. The zero-order valence-corrected chi connectivity index (χ0v) is 20.2. The summed E-state index contributed by atoms with van der Waals surface area (Å²) in [5.74, 6) is 1.31. The lowest BCUT2D eigenvalue weighted by atomic mass is 10.1. The van der Waals surface area contributed by atoms with Gasteiger partial charge in [-0.25, -0.2) is 0 Å². The molecule has 0 unspecified atom stereocenters. The Labute approximate surface area is 216 Å². The minimum atomic E-state index is -0.179. The number of anilines is 4. The van der Waals surface area contributed by atoms with Crippen LogP contribution in [-0.2, 0) is 9.59 Å². The molecule has 0 atom stereocenters. The Hall–Kier alpha value is -5.38. The summed E-state index contributed by atoms with van der Waals surface area (Å²) in [7, 11) is 0. The summed E-state index contributed by atoms with van der Waals surface area (Å²) in [6.45, 7) is 2.89. The Morgan fingerprint density at radius 2 is 0.737 bits per heavy atom. The summed E-state index contributed by atoms with van der Waals surface area (Å²) in [5.41, 5.74) is 2.24. The third-order valence-corrected chi connectivity index (χ3v) is 5.81. The monoisotopic (exact) mass is 514 g/mol. The molecular formula is C28H22N2O8. The number of phenols is 4. The van der Waals surface area contributed by atoms with Crippen molar-refractivity contribution in [2.75, 3.05) is 9.80 Å². The van der Waals surface area contributed by atoms with Gasteiger partial charge in [-0.3, -0.25) is 19.4 Å². The van der Waals surface area contributed by atoms with Crippen molar-refractivity contribution in [1.82, 2.24) is 0 Å². The topological polar surface area (TPSA) is 140 Å². The van der Waals surface area contributed by atoms with Crippen LogP contribution in [0.2, 0.25) is 0 Å². The number of aromatic hydroxyl groups is 4. The van der Waals surface area contributed by atoms with E-state index in [9.17, 15) is 30.0 Å². The van der Waals surface area contributed by atoms with E-state index in [1.165, 1.54) is 72.2 Å². The number of carbonyl (C=O) groups is 2. The number of carbonyl (C=O) groups excluding carboxylic acids is 2. The molecule has 0 saturated heterocycles. The number of fused-ring (bicyclic) bond motifs is 4. The largest absolute Gasteiger partial charge is 0.508 e. The lowest BCUT2D eigenvalue weighted by molar-refractivity contribution is -0.116. The van der Waals surface area contributed by atoms with Gasteiger partial charge in [0.1, 0.15) is 23.0 Å². The van der Waals surface area contributed by atoms with Crippen molar-refractivity contribution in [2.45, 2.75) is 13.8 Å². The highest BCUT2D eigenvalue weighted by Gasteiger charge is 2.29. The van der Waals surface area contributed by atoms with Gasteiger partial charge in [0, 0.05) is 38.1 Å². The minimum absolute atomic E-state index is 0.0471. The molecule has 2 aliphatic rings. The number of hydrogen-bond donors (Lipinski definition) is 4. The zero-order valence-electron chi connectivity index (χ0n) is 20.2. The van der Waals surface area contributed by atoms with Gasteiger partial charge in [0.15, 0.2) is 23.0 Å². The van der Waals surface area contributed by atoms with Crippen molar-refractivity contribution in [1.29, 1.82) is 0 Å². The molecule has 10 heteroatoms. The Kier molecular flexibility index (Phi) is 5.92. The number of phenolic OH excluding ortho intramolecular Hbond substituents is 4. The molecule has 0 aromatic heterocycles. The summed E-state index contributed by atoms with van der Waals surface area (Å²) in [6, 6.07) is 18.1. The average molecular weight is 514 g/mol. The van der Waals surface area contributed by atoms with Crippen LogP contribution in [0.3, 0.4) is 0 Å². The van der Waals surface area contributed by atoms with E-state index in [-0.39, 0.29) is 34.8 Å². The van der Waals surface area contributed by atoms with Gasteiger partial charge in [0.2, 0.25) is 11.8 Å². The average Bonchev–Trinajstić information content (AvgIpc) is 2.85. The van der Waals surface area contributed by atoms with Crippen LogP contribution in [0.4, 0.5) is 22.7 Å². The Balaban J connectivity index is 0.000000155. The maximum atomic E-state index is 11.8. The molecule has 10 nitrogen and oxygen atoms in total. The van der Waals surface area contributed by atoms with Crippen LogP contribution >= 0.6 is 0 Å². The Morgan fingerprint density at radius 1 is 0.500 bits per heavy atom. The first-order valence-electron chi connectivity index (χ1n) is 11.4. The van der Waals surface area contributed by atoms with Crippen molar-refractivity contribution in [3.05, 3.63) is 72.8 Å². The van der Waals surface area contributed by atoms with E-state index in [0.29, 0.717) is 45.7 Å². The van der Waals surface area contributed by atoms with E-state index in [0.717, 1.165) is 0 Å². The van der Waals surface area contributed by atoms with Crippen LogP contribution in [0.15, 0.2) is 72.8 Å². The molecular weight excluding hydrogens is 492 g/mol. The maximum Gasteiger partial charge on any atom is 0.228 e. The molecule has 0 spiro atoms. The van der Waals surface area contributed by atoms with Crippen LogP contribution in [-0.4, -0.2) is 32.2 Å². The predicted molar refractivity (Wildman–Crippen MR) is 138 cm³/mol. The van der Waals surface area contributed by atoms with E-state index in [1.807, 2.05) is 0 Å². The van der Waals surface area contributed by atoms with Crippen LogP contribution in [0.5, 0.6) is 46.0 Å². The van der Waals surface area contributed by atoms with Gasteiger partial charge in [-0.1, -0.05) is 0 Å². The fourth-order valence-corrected chi connectivity index (χ4v) is 4.25. The molecule has 2 heterocycles. The normalized spacial score (nSPS) is 12.4. The first kappa shape index (κ1) is 24.3. The van der Waals surface area contributed by atoms with Gasteiger partial charge < -0.3 is 29.9 Å². The summed E-state index contributed by atoms with van der Waals surface area (Å²) >= 11 is 0. The molecule has 4 N–H and O–H groups in total. The zero-order chi connectivity index (χ0) is 27.1. The molecule has 0 aliphatic carbocycles. The lowest BCUT2D eigenvalue weighted by Gasteiger charge is -2.30. The van der Waals surface area contributed by atoms with Gasteiger partial charge in [-0.15, -0.1) is 0 Å². The molecule has 0 fully saturated rings. The van der Waals surface area contributed by atoms with Gasteiger partial charge in [0.25, 0.3) is 0 Å². The highest BCUT2D eigenvalue weighted by Crippen LogP contribution is 2.50. The Bertz CT molecular complexity index is 1380. The van der Waals surface area contributed by atoms with Gasteiger partial charge in [-0.05, 0) is 48.5 Å². The van der Waals surface area contributed by atoms with Crippen molar-refractivity contribution in [3.8, 4) is 46.0 Å². The fraction of sp³-hybridized carbons (Fsp3) is 0.0714. The number of amides is 2. The first-order valence-corrected chi connectivity index (χ1v) is 11.4. The van der Waals surface area contributed by atoms with E-state index in [4.69, 9.17) is 9.47 Å². The maximum absolute atomic E-state index is 11.8. The number of ether oxygens (including phenoxy) is 2. The predicted octanol–water partition coefficient (Wildman–Crippen LogP) is 5.78. The van der Waals surface area contributed by atoms with Crippen LogP contribution in [0.1, 0.15) is 13.8 Å². The number of rotatable bonds is 0. The summed E-state index contributed by atoms with van der Waals surface area (Å²) in [4.78, 5) is 26.6. The molecule has 192 valence electrons. The van der Waals surface area contributed by atoms with Gasteiger partial charge >= 0.3 is 0 Å². The van der Waals surface area contributed by atoms with Crippen molar-refractivity contribution in [2.24, 2.45) is 0 Å². The van der Waals surface area contributed by atoms with Crippen molar-refractivity contribution in [3.63, 3.8) is 0 Å². The summed E-state index contributed by atoms with van der Waals surface area (Å²) in [6.07, 6.45) is 0. The van der Waals surface area contributed by atoms with Crippen LogP contribution in [0.25, 0.3) is 0 Å². The smallest absolute Gasteiger partial charge is 0.228 e. The third kappa shape index (κ3) is 4.35. The second-order valence-corrected chi connectivity index (χ2v) is 8.52. The fourth-order valence-electron chi connectivity index (χ4n) is 4.25. The third-order valence-electron chi connectivity index (χ3n) is 5.81. The molecule has 4 aromatic rings. The van der Waals surface area contributed by atoms with Crippen molar-refractivity contribution >= 4 is 34.6 Å². The second kappa shape index (κ2) is 9.25. The molecule has 6 rings (SSSR count). The number of nitrogens with zero attached hydrogens (tertiary/aromatic N) is 2. The lowest BCUT2D eigenvalue weighted by Crippen LogP contribution is -2.25. The quantitative estimate of drug-likeness (QED) is 0.232. The molecule has 38 heavy (non-hydrogen) atoms. The SMILES string of the molecule is CC(=O)N1c2ccc(O)cc2Oc2cc(O)ccc21.CC(=O)N1c2ccc(O)cc2Oc2cc(O)ccc21. The Morgan fingerprint density at radius 3 is 0.947 bits per heavy atom. The summed E-state index contributed by atoms with van der Waals surface area (Å²) < 4.78 is 11.2.